The Kier molecular flexibility index (Phi) is 4.69. The minimum atomic E-state index is -3.43. The van der Waals surface area contributed by atoms with Crippen LogP contribution in [0.15, 0.2) is 29.2 Å². The second-order valence-corrected chi connectivity index (χ2v) is 7.32. The lowest BCUT2D eigenvalue weighted by atomic mass is 10.1. The fraction of sp³-hybridized carbons (Fsp3) is 0.500. The van der Waals surface area contributed by atoms with Gasteiger partial charge >= 0.3 is 0 Å². The molecule has 1 aromatic carbocycles. The Morgan fingerprint density at radius 1 is 1.28 bits per heavy atom. The SMILES string of the molecule is O=S(=O)(NC1CCCC1CBr)c1ccc(Cl)cc1. The fourth-order valence-electron chi connectivity index (χ4n) is 2.26. The van der Waals surface area contributed by atoms with Crippen molar-refractivity contribution in [1.82, 2.24) is 4.72 Å². The number of nitrogens with one attached hydrogen (secondary N) is 1. The van der Waals surface area contributed by atoms with Crippen LogP contribution in [0.5, 0.6) is 0 Å². The molecule has 0 aliphatic heterocycles. The molecule has 100 valence electrons. The first-order valence-corrected chi connectivity index (χ1v) is 8.85. The van der Waals surface area contributed by atoms with E-state index in [-0.39, 0.29) is 10.9 Å². The molecule has 3 nitrogen and oxygen atoms in total. The first kappa shape index (κ1) is 14.3. The summed E-state index contributed by atoms with van der Waals surface area (Å²) >= 11 is 9.19. The van der Waals surface area contributed by atoms with Crippen molar-refractivity contribution in [2.75, 3.05) is 5.33 Å². The summed E-state index contributed by atoms with van der Waals surface area (Å²) in [5, 5.41) is 1.37. The van der Waals surface area contributed by atoms with E-state index in [1.54, 1.807) is 12.1 Å². The summed E-state index contributed by atoms with van der Waals surface area (Å²) in [6, 6.07) is 6.27. The van der Waals surface area contributed by atoms with E-state index in [4.69, 9.17) is 11.6 Å². The van der Waals surface area contributed by atoms with Gasteiger partial charge in [0.25, 0.3) is 0 Å². The van der Waals surface area contributed by atoms with Gasteiger partial charge in [-0.05, 0) is 43.0 Å². The van der Waals surface area contributed by atoms with Gasteiger partial charge in [0.05, 0.1) is 4.90 Å². The third-order valence-electron chi connectivity index (χ3n) is 3.29. The van der Waals surface area contributed by atoms with E-state index in [1.807, 2.05) is 0 Å². The molecule has 2 unspecified atom stereocenters. The van der Waals surface area contributed by atoms with Crippen molar-refractivity contribution in [3.8, 4) is 0 Å². The molecule has 1 N–H and O–H groups in total. The average Bonchev–Trinajstić information content (AvgIpc) is 2.76. The smallest absolute Gasteiger partial charge is 0.208 e. The molecule has 0 saturated heterocycles. The van der Waals surface area contributed by atoms with Gasteiger partial charge in [-0.2, -0.15) is 0 Å². The summed E-state index contributed by atoms with van der Waals surface area (Å²) < 4.78 is 27.2. The highest BCUT2D eigenvalue weighted by Crippen LogP contribution is 2.28. The van der Waals surface area contributed by atoms with Gasteiger partial charge in [0.2, 0.25) is 10.0 Å². The minimum Gasteiger partial charge on any atom is -0.208 e. The fourth-order valence-corrected chi connectivity index (χ4v) is 4.50. The van der Waals surface area contributed by atoms with Gasteiger partial charge in [0, 0.05) is 16.4 Å². The molecule has 2 rings (SSSR count). The molecular formula is C12H15BrClNO2S. The normalized spacial score (nSPS) is 24.3. The van der Waals surface area contributed by atoms with Gasteiger partial charge in [-0.3, -0.25) is 0 Å². The predicted octanol–water partition coefficient (Wildman–Crippen LogP) is 3.18. The summed E-state index contributed by atoms with van der Waals surface area (Å²) in [6.07, 6.45) is 3.05. The molecule has 1 aliphatic rings. The van der Waals surface area contributed by atoms with Gasteiger partial charge in [-0.15, -0.1) is 0 Å². The summed E-state index contributed by atoms with van der Waals surface area (Å²) in [4.78, 5) is 0.270. The number of alkyl halides is 1. The molecule has 0 bridgehead atoms. The van der Waals surface area contributed by atoms with Crippen molar-refractivity contribution >= 4 is 37.6 Å². The maximum atomic E-state index is 12.2. The zero-order valence-electron chi connectivity index (χ0n) is 9.77. The Morgan fingerprint density at radius 2 is 1.94 bits per heavy atom. The second kappa shape index (κ2) is 5.90. The van der Waals surface area contributed by atoms with E-state index in [0.717, 1.165) is 24.6 Å². The topological polar surface area (TPSA) is 46.2 Å². The van der Waals surface area contributed by atoms with E-state index in [1.165, 1.54) is 12.1 Å². The molecular weight excluding hydrogens is 338 g/mol. The van der Waals surface area contributed by atoms with Crippen LogP contribution in [-0.4, -0.2) is 19.8 Å². The van der Waals surface area contributed by atoms with Crippen LogP contribution in [0.25, 0.3) is 0 Å². The van der Waals surface area contributed by atoms with E-state index < -0.39 is 10.0 Å². The highest BCUT2D eigenvalue weighted by molar-refractivity contribution is 9.09. The summed E-state index contributed by atoms with van der Waals surface area (Å²) in [7, 11) is -3.43. The summed E-state index contributed by atoms with van der Waals surface area (Å²) in [5.74, 6) is 0.382. The molecule has 0 radical (unpaired) electrons. The molecule has 18 heavy (non-hydrogen) atoms. The van der Waals surface area contributed by atoms with E-state index >= 15 is 0 Å². The summed E-state index contributed by atoms with van der Waals surface area (Å²) in [5.41, 5.74) is 0. The molecule has 2 atom stereocenters. The highest BCUT2D eigenvalue weighted by Gasteiger charge is 2.30. The van der Waals surface area contributed by atoms with E-state index in [0.29, 0.717) is 10.9 Å². The Bertz CT molecular complexity index is 503. The van der Waals surface area contributed by atoms with Crippen molar-refractivity contribution in [3.05, 3.63) is 29.3 Å². The number of hydrogen-bond acceptors (Lipinski definition) is 2. The van der Waals surface area contributed by atoms with Crippen molar-refractivity contribution in [2.45, 2.75) is 30.2 Å². The van der Waals surface area contributed by atoms with Crippen molar-refractivity contribution in [2.24, 2.45) is 5.92 Å². The Labute approximate surface area is 121 Å². The van der Waals surface area contributed by atoms with Crippen LogP contribution in [0.3, 0.4) is 0 Å². The van der Waals surface area contributed by atoms with Crippen LogP contribution in [-0.2, 0) is 10.0 Å². The lowest BCUT2D eigenvalue weighted by Crippen LogP contribution is -2.37. The zero-order valence-corrected chi connectivity index (χ0v) is 12.9. The number of rotatable bonds is 4. The maximum Gasteiger partial charge on any atom is 0.240 e. The molecule has 1 aromatic rings. The molecule has 0 heterocycles. The largest absolute Gasteiger partial charge is 0.240 e. The molecule has 1 saturated carbocycles. The monoisotopic (exact) mass is 351 g/mol. The second-order valence-electron chi connectivity index (χ2n) is 4.53. The first-order valence-electron chi connectivity index (χ1n) is 5.87. The summed E-state index contributed by atoms with van der Waals surface area (Å²) in [6.45, 7) is 0. The van der Waals surface area contributed by atoms with Crippen LogP contribution in [0.2, 0.25) is 5.02 Å². The van der Waals surface area contributed by atoms with Gasteiger partial charge in [-0.25, -0.2) is 13.1 Å². The van der Waals surface area contributed by atoms with Gasteiger partial charge in [-0.1, -0.05) is 34.0 Å². The van der Waals surface area contributed by atoms with Crippen LogP contribution >= 0.6 is 27.5 Å². The highest BCUT2D eigenvalue weighted by atomic mass is 79.9. The van der Waals surface area contributed by atoms with Crippen LogP contribution in [0.4, 0.5) is 0 Å². The number of halogens is 2. The van der Waals surface area contributed by atoms with Gasteiger partial charge < -0.3 is 0 Å². The lowest BCUT2D eigenvalue weighted by molar-refractivity contribution is 0.484. The van der Waals surface area contributed by atoms with E-state index in [2.05, 4.69) is 20.7 Å². The molecule has 1 fully saturated rings. The Hall–Kier alpha value is -0.100. The van der Waals surface area contributed by atoms with Gasteiger partial charge in [0.1, 0.15) is 0 Å². The molecule has 6 heteroatoms. The third-order valence-corrected chi connectivity index (χ3v) is 5.88. The van der Waals surface area contributed by atoms with Gasteiger partial charge in [0.15, 0.2) is 0 Å². The Morgan fingerprint density at radius 3 is 2.56 bits per heavy atom. The van der Waals surface area contributed by atoms with Crippen LogP contribution in [0.1, 0.15) is 19.3 Å². The maximum absolute atomic E-state index is 12.2. The third kappa shape index (κ3) is 3.26. The number of benzene rings is 1. The molecule has 0 aromatic heterocycles. The lowest BCUT2D eigenvalue weighted by Gasteiger charge is -2.19. The molecule has 1 aliphatic carbocycles. The zero-order chi connectivity index (χ0) is 13.2. The standard InChI is InChI=1S/C12H15BrClNO2S/c13-8-9-2-1-3-12(9)15-18(16,17)11-6-4-10(14)5-7-11/h4-7,9,12,15H,1-3,8H2. The number of hydrogen-bond donors (Lipinski definition) is 1. The quantitative estimate of drug-likeness (QED) is 0.846. The Balaban J connectivity index is 2.14. The first-order chi connectivity index (χ1) is 8.53. The average molecular weight is 353 g/mol. The van der Waals surface area contributed by atoms with Crippen LogP contribution < -0.4 is 4.72 Å². The minimum absolute atomic E-state index is 0.0325. The van der Waals surface area contributed by atoms with Crippen molar-refractivity contribution < 1.29 is 8.42 Å². The van der Waals surface area contributed by atoms with Crippen molar-refractivity contribution in [3.63, 3.8) is 0 Å². The molecule has 0 amide bonds. The number of sulfonamides is 1. The van der Waals surface area contributed by atoms with Crippen LogP contribution in [0, 0.1) is 5.92 Å². The van der Waals surface area contributed by atoms with Crippen molar-refractivity contribution in [1.29, 1.82) is 0 Å². The predicted molar refractivity (Wildman–Crippen MR) is 76.7 cm³/mol. The van der Waals surface area contributed by atoms with E-state index in [9.17, 15) is 8.42 Å². The molecule has 0 spiro atoms.